The molecule has 0 unspecified atom stereocenters. The summed E-state index contributed by atoms with van der Waals surface area (Å²) in [6, 6.07) is 11.1. The van der Waals surface area contributed by atoms with Crippen molar-refractivity contribution in [1.29, 1.82) is 0 Å². The molecular weight excluding hydrogens is 298 g/mol. The van der Waals surface area contributed by atoms with Crippen molar-refractivity contribution in [2.45, 2.75) is 20.4 Å². The maximum atomic E-state index is 12.0. The van der Waals surface area contributed by atoms with Crippen LogP contribution in [0.5, 0.6) is 0 Å². The standard InChI is InChI=1S/C17H16ClN3O/c1-3-20-8-7-15(10-17(20)22)21-11-16(19-12(21)2)13-5-4-6-14(18)9-13/h4-11H,3H2,1-2H3. The molecule has 0 radical (unpaired) electrons. The molecule has 3 rings (SSSR count). The van der Waals surface area contributed by atoms with Crippen LogP contribution >= 0.6 is 11.6 Å². The van der Waals surface area contributed by atoms with Gasteiger partial charge in [0.05, 0.1) is 11.4 Å². The van der Waals surface area contributed by atoms with Gasteiger partial charge in [0.2, 0.25) is 0 Å². The predicted octanol–water partition coefficient (Wildman–Crippen LogP) is 3.68. The highest BCUT2D eigenvalue weighted by Crippen LogP contribution is 2.23. The van der Waals surface area contributed by atoms with Crippen molar-refractivity contribution in [3.63, 3.8) is 0 Å². The van der Waals surface area contributed by atoms with Gasteiger partial charge in [-0.1, -0.05) is 23.7 Å². The molecule has 0 amide bonds. The molecule has 0 bridgehead atoms. The van der Waals surface area contributed by atoms with E-state index in [0.29, 0.717) is 11.6 Å². The van der Waals surface area contributed by atoms with Crippen LogP contribution in [0, 0.1) is 6.92 Å². The zero-order valence-electron chi connectivity index (χ0n) is 12.5. The van der Waals surface area contributed by atoms with Gasteiger partial charge in [0.25, 0.3) is 5.56 Å². The number of benzene rings is 1. The van der Waals surface area contributed by atoms with Gasteiger partial charge in [-0.2, -0.15) is 0 Å². The molecule has 5 heteroatoms. The highest BCUT2D eigenvalue weighted by Gasteiger charge is 2.09. The van der Waals surface area contributed by atoms with Crippen LogP contribution in [-0.4, -0.2) is 14.1 Å². The molecule has 22 heavy (non-hydrogen) atoms. The smallest absolute Gasteiger partial charge is 0.252 e. The Morgan fingerprint density at radius 3 is 2.73 bits per heavy atom. The Hall–Kier alpha value is -2.33. The molecule has 0 spiro atoms. The van der Waals surface area contributed by atoms with E-state index in [4.69, 9.17) is 11.6 Å². The summed E-state index contributed by atoms with van der Waals surface area (Å²) in [5.74, 6) is 0.823. The van der Waals surface area contributed by atoms with Crippen molar-refractivity contribution < 1.29 is 0 Å². The zero-order valence-corrected chi connectivity index (χ0v) is 13.2. The monoisotopic (exact) mass is 313 g/mol. The minimum atomic E-state index is -0.0163. The third-order valence-electron chi connectivity index (χ3n) is 3.60. The third-order valence-corrected chi connectivity index (χ3v) is 3.84. The van der Waals surface area contributed by atoms with Crippen molar-refractivity contribution >= 4 is 11.6 Å². The normalized spacial score (nSPS) is 10.9. The molecular formula is C17H16ClN3O. The van der Waals surface area contributed by atoms with E-state index >= 15 is 0 Å². The summed E-state index contributed by atoms with van der Waals surface area (Å²) in [5.41, 5.74) is 2.58. The second-order valence-electron chi connectivity index (χ2n) is 5.06. The lowest BCUT2D eigenvalue weighted by atomic mass is 10.2. The molecule has 0 atom stereocenters. The van der Waals surface area contributed by atoms with E-state index in [1.54, 1.807) is 16.8 Å². The Morgan fingerprint density at radius 1 is 1.23 bits per heavy atom. The highest BCUT2D eigenvalue weighted by molar-refractivity contribution is 6.30. The lowest BCUT2D eigenvalue weighted by molar-refractivity contribution is 0.724. The SMILES string of the molecule is CCn1ccc(-n2cc(-c3cccc(Cl)c3)nc2C)cc1=O. The number of rotatable bonds is 3. The molecule has 1 aromatic carbocycles. The molecule has 0 aliphatic carbocycles. The molecule has 2 aromatic heterocycles. The second-order valence-corrected chi connectivity index (χ2v) is 5.50. The first kappa shape index (κ1) is 14.6. The van der Waals surface area contributed by atoms with Crippen LogP contribution < -0.4 is 5.56 Å². The van der Waals surface area contributed by atoms with E-state index in [1.165, 1.54) is 0 Å². The van der Waals surface area contributed by atoms with Crippen molar-refractivity contribution in [2.24, 2.45) is 0 Å². The number of imidazole rings is 1. The molecule has 0 aliphatic heterocycles. The minimum Gasteiger partial charge on any atom is -0.316 e. The third kappa shape index (κ3) is 2.70. The number of nitrogens with zero attached hydrogens (tertiary/aromatic N) is 3. The minimum absolute atomic E-state index is 0.0163. The first-order valence-electron chi connectivity index (χ1n) is 7.11. The number of hydrogen-bond acceptors (Lipinski definition) is 2. The number of hydrogen-bond donors (Lipinski definition) is 0. The van der Waals surface area contributed by atoms with Gasteiger partial charge in [-0.05, 0) is 32.0 Å². The van der Waals surface area contributed by atoms with Crippen LogP contribution in [0.3, 0.4) is 0 Å². The zero-order chi connectivity index (χ0) is 15.7. The summed E-state index contributed by atoms with van der Waals surface area (Å²) in [4.78, 5) is 16.6. The van der Waals surface area contributed by atoms with E-state index in [0.717, 1.165) is 22.8 Å². The maximum absolute atomic E-state index is 12.0. The molecule has 4 nitrogen and oxygen atoms in total. The number of aryl methyl sites for hydroxylation is 2. The van der Waals surface area contributed by atoms with Crippen molar-refractivity contribution in [1.82, 2.24) is 14.1 Å². The van der Waals surface area contributed by atoms with Crippen molar-refractivity contribution in [3.8, 4) is 16.9 Å². The Labute approximate surface area is 133 Å². The average molecular weight is 314 g/mol. The first-order chi connectivity index (χ1) is 10.6. The number of pyridine rings is 1. The van der Waals surface area contributed by atoms with Gasteiger partial charge in [-0.15, -0.1) is 0 Å². The molecule has 3 aromatic rings. The molecule has 0 fully saturated rings. The van der Waals surface area contributed by atoms with Gasteiger partial charge in [-0.3, -0.25) is 4.79 Å². The van der Waals surface area contributed by atoms with Crippen molar-refractivity contribution in [3.05, 3.63) is 70.0 Å². The second kappa shape index (κ2) is 5.81. The van der Waals surface area contributed by atoms with Gasteiger partial charge in [0.15, 0.2) is 0 Å². The molecule has 2 heterocycles. The van der Waals surface area contributed by atoms with E-state index in [2.05, 4.69) is 4.98 Å². The molecule has 0 N–H and O–H groups in total. The highest BCUT2D eigenvalue weighted by atomic mass is 35.5. The topological polar surface area (TPSA) is 39.8 Å². The van der Waals surface area contributed by atoms with Gasteiger partial charge < -0.3 is 9.13 Å². The molecule has 112 valence electrons. The average Bonchev–Trinajstić information content (AvgIpc) is 2.89. The van der Waals surface area contributed by atoms with Gasteiger partial charge in [0.1, 0.15) is 5.82 Å². The summed E-state index contributed by atoms with van der Waals surface area (Å²) in [5, 5.41) is 0.676. The van der Waals surface area contributed by atoms with Crippen LogP contribution in [0.25, 0.3) is 16.9 Å². The van der Waals surface area contributed by atoms with Crippen LogP contribution in [0.4, 0.5) is 0 Å². The molecule has 0 saturated carbocycles. The Balaban J connectivity index is 2.06. The number of aromatic nitrogens is 3. The summed E-state index contributed by atoms with van der Waals surface area (Å²) in [6.07, 6.45) is 3.72. The fourth-order valence-electron chi connectivity index (χ4n) is 2.43. The maximum Gasteiger partial charge on any atom is 0.252 e. The Kier molecular flexibility index (Phi) is 3.86. The van der Waals surface area contributed by atoms with E-state index in [-0.39, 0.29) is 5.56 Å². The van der Waals surface area contributed by atoms with Crippen LogP contribution in [0.15, 0.2) is 53.6 Å². The van der Waals surface area contributed by atoms with Crippen LogP contribution in [0.2, 0.25) is 5.02 Å². The largest absolute Gasteiger partial charge is 0.316 e. The summed E-state index contributed by atoms with van der Waals surface area (Å²) >= 11 is 6.03. The molecule has 0 saturated heterocycles. The summed E-state index contributed by atoms with van der Waals surface area (Å²) < 4.78 is 3.57. The Morgan fingerprint density at radius 2 is 2.05 bits per heavy atom. The lowest BCUT2D eigenvalue weighted by Gasteiger charge is -2.06. The van der Waals surface area contributed by atoms with E-state index < -0.39 is 0 Å². The fourth-order valence-corrected chi connectivity index (χ4v) is 2.62. The fraction of sp³-hybridized carbons (Fsp3) is 0.176. The lowest BCUT2D eigenvalue weighted by Crippen LogP contribution is -2.18. The van der Waals surface area contributed by atoms with E-state index in [1.807, 2.05) is 54.9 Å². The van der Waals surface area contributed by atoms with Crippen LogP contribution in [-0.2, 0) is 6.54 Å². The first-order valence-corrected chi connectivity index (χ1v) is 7.49. The molecule has 0 aliphatic rings. The number of halogens is 1. The predicted molar refractivity (Wildman–Crippen MR) is 88.7 cm³/mol. The van der Waals surface area contributed by atoms with Gasteiger partial charge in [-0.25, -0.2) is 4.98 Å². The van der Waals surface area contributed by atoms with Crippen LogP contribution in [0.1, 0.15) is 12.7 Å². The quantitative estimate of drug-likeness (QED) is 0.740. The van der Waals surface area contributed by atoms with Gasteiger partial charge in [0, 0.05) is 35.6 Å². The summed E-state index contributed by atoms with van der Waals surface area (Å²) in [6.45, 7) is 4.52. The Bertz CT molecular complexity index is 880. The van der Waals surface area contributed by atoms with Crippen molar-refractivity contribution in [2.75, 3.05) is 0 Å². The van der Waals surface area contributed by atoms with Gasteiger partial charge >= 0.3 is 0 Å². The summed E-state index contributed by atoms with van der Waals surface area (Å²) in [7, 11) is 0. The van der Waals surface area contributed by atoms with E-state index in [9.17, 15) is 4.79 Å².